The van der Waals surface area contributed by atoms with Gasteiger partial charge in [-0.3, -0.25) is 9.59 Å². The van der Waals surface area contributed by atoms with Crippen molar-refractivity contribution in [2.45, 2.75) is 19.4 Å². The molecular weight excluding hydrogens is 210 g/mol. The van der Waals surface area contributed by atoms with Crippen LogP contribution in [0.25, 0.3) is 0 Å². The summed E-state index contributed by atoms with van der Waals surface area (Å²) in [5.41, 5.74) is -0.905. The highest BCUT2D eigenvalue weighted by Gasteiger charge is 2.54. The van der Waals surface area contributed by atoms with Crippen LogP contribution in [0.5, 0.6) is 0 Å². The zero-order chi connectivity index (χ0) is 12.5. The van der Waals surface area contributed by atoms with Crippen LogP contribution in [0.4, 0.5) is 0 Å². The molecule has 0 saturated heterocycles. The van der Waals surface area contributed by atoms with Gasteiger partial charge in [0.15, 0.2) is 11.8 Å². The van der Waals surface area contributed by atoms with Crippen molar-refractivity contribution >= 4 is 18.0 Å². The van der Waals surface area contributed by atoms with E-state index in [0.717, 1.165) is 0 Å². The van der Waals surface area contributed by atoms with Crippen LogP contribution in [0, 0.1) is 17.0 Å². The second-order valence-corrected chi connectivity index (χ2v) is 4.36. The Morgan fingerprint density at radius 2 is 1.75 bits per heavy atom. The summed E-state index contributed by atoms with van der Waals surface area (Å²) in [6.07, 6.45) is 1.26. The molecule has 1 aliphatic rings. The Balaban J connectivity index is 3.10. The maximum absolute atomic E-state index is 11.7. The third kappa shape index (κ3) is 1.75. The molecule has 1 heterocycles. The van der Waals surface area contributed by atoms with Crippen LogP contribution in [0.2, 0.25) is 0 Å². The lowest BCUT2D eigenvalue weighted by Gasteiger charge is -2.26. The van der Waals surface area contributed by atoms with E-state index in [2.05, 4.69) is 10.6 Å². The van der Waals surface area contributed by atoms with Crippen LogP contribution in [0.15, 0.2) is 0 Å². The average Bonchev–Trinajstić information content (AvgIpc) is 2.48. The Hall–Kier alpha value is -1.59. The molecule has 2 unspecified atom stereocenters. The first kappa shape index (κ1) is 12.5. The molecule has 2 amide bonds. The lowest BCUT2D eigenvalue weighted by Crippen LogP contribution is -2.48. The third-order valence-electron chi connectivity index (χ3n) is 3.06. The van der Waals surface area contributed by atoms with E-state index in [1.807, 2.05) is 0 Å². The van der Waals surface area contributed by atoms with Gasteiger partial charge >= 0.3 is 0 Å². The first-order valence-corrected chi connectivity index (χ1v) is 5.11. The van der Waals surface area contributed by atoms with E-state index < -0.39 is 17.4 Å². The van der Waals surface area contributed by atoms with Crippen molar-refractivity contribution in [1.29, 1.82) is 0 Å². The summed E-state index contributed by atoms with van der Waals surface area (Å²) in [6, 6.07) is 0. The molecule has 6 heteroatoms. The minimum atomic E-state index is -0.905. The SMILES string of the molecule is CNC(=O)C1C=[N+]([O-])C(C)(C)C1C(=O)NC. The molecule has 90 valence electrons. The van der Waals surface area contributed by atoms with Gasteiger partial charge in [0.2, 0.25) is 11.8 Å². The van der Waals surface area contributed by atoms with E-state index in [-0.39, 0.29) is 11.8 Å². The normalized spacial score (nSPS) is 27.1. The molecule has 0 bridgehead atoms. The molecule has 2 atom stereocenters. The predicted molar refractivity (Wildman–Crippen MR) is 58.9 cm³/mol. The highest BCUT2D eigenvalue weighted by molar-refractivity contribution is 5.99. The van der Waals surface area contributed by atoms with E-state index in [1.165, 1.54) is 20.3 Å². The molecule has 0 aromatic heterocycles. The van der Waals surface area contributed by atoms with Gasteiger partial charge in [0.05, 0.1) is 0 Å². The fourth-order valence-corrected chi connectivity index (χ4v) is 2.03. The summed E-state index contributed by atoms with van der Waals surface area (Å²) >= 11 is 0. The Labute approximate surface area is 94.3 Å². The molecule has 16 heavy (non-hydrogen) atoms. The first-order valence-electron chi connectivity index (χ1n) is 5.11. The summed E-state index contributed by atoms with van der Waals surface area (Å²) in [4.78, 5) is 23.3. The van der Waals surface area contributed by atoms with E-state index in [1.54, 1.807) is 13.8 Å². The number of nitrogens with zero attached hydrogens (tertiary/aromatic N) is 1. The van der Waals surface area contributed by atoms with Crippen molar-refractivity contribution in [3.8, 4) is 0 Å². The van der Waals surface area contributed by atoms with Crippen molar-refractivity contribution in [1.82, 2.24) is 10.6 Å². The van der Waals surface area contributed by atoms with Crippen molar-refractivity contribution in [2.75, 3.05) is 14.1 Å². The average molecular weight is 227 g/mol. The molecule has 1 rings (SSSR count). The second kappa shape index (κ2) is 4.11. The van der Waals surface area contributed by atoms with Gasteiger partial charge in [0.1, 0.15) is 11.8 Å². The maximum atomic E-state index is 11.7. The number of nitrogens with one attached hydrogen (secondary N) is 2. The molecule has 6 nitrogen and oxygen atoms in total. The number of amides is 2. The molecule has 2 N–H and O–H groups in total. The molecule has 0 aliphatic carbocycles. The standard InChI is InChI=1S/C10H17N3O3/c1-10(2)7(9(15)12-4)6(5-13(10)16)8(14)11-3/h5-7H,1-4H3,(H,11,14)(H,12,15). The van der Waals surface area contributed by atoms with E-state index in [4.69, 9.17) is 0 Å². The van der Waals surface area contributed by atoms with E-state index in [0.29, 0.717) is 4.74 Å². The molecular formula is C10H17N3O3. The van der Waals surface area contributed by atoms with Crippen LogP contribution in [0.3, 0.4) is 0 Å². The topological polar surface area (TPSA) is 84.3 Å². The monoisotopic (exact) mass is 227 g/mol. The van der Waals surface area contributed by atoms with Crippen LogP contribution in [-0.4, -0.2) is 42.4 Å². The van der Waals surface area contributed by atoms with Crippen LogP contribution < -0.4 is 10.6 Å². The van der Waals surface area contributed by atoms with Crippen LogP contribution >= 0.6 is 0 Å². The Morgan fingerprint density at radius 1 is 1.25 bits per heavy atom. The minimum absolute atomic E-state index is 0.298. The van der Waals surface area contributed by atoms with Gasteiger partial charge < -0.3 is 15.8 Å². The summed E-state index contributed by atoms with van der Waals surface area (Å²) in [5, 5.41) is 16.6. The Bertz CT molecular complexity index is 349. The number of hydrogen-bond acceptors (Lipinski definition) is 3. The fourth-order valence-electron chi connectivity index (χ4n) is 2.03. The van der Waals surface area contributed by atoms with Crippen molar-refractivity contribution < 1.29 is 14.3 Å². The van der Waals surface area contributed by atoms with Crippen LogP contribution in [-0.2, 0) is 9.59 Å². The predicted octanol–water partition coefficient (Wildman–Crippen LogP) is -0.916. The summed E-state index contributed by atoms with van der Waals surface area (Å²) in [7, 11) is 2.98. The summed E-state index contributed by atoms with van der Waals surface area (Å²) in [6.45, 7) is 3.30. The molecule has 0 saturated carbocycles. The van der Waals surface area contributed by atoms with Gasteiger partial charge in [-0.1, -0.05) is 0 Å². The number of rotatable bonds is 2. The summed E-state index contributed by atoms with van der Waals surface area (Å²) in [5.74, 6) is -2.00. The van der Waals surface area contributed by atoms with Gasteiger partial charge in [-0.25, -0.2) is 4.74 Å². The molecule has 0 aromatic carbocycles. The number of hydroxylamine groups is 1. The van der Waals surface area contributed by atoms with E-state index in [9.17, 15) is 14.8 Å². The number of carbonyl (C=O) groups is 2. The lowest BCUT2D eigenvalue weighted by molar-refractivity contribution is -0.533. The minimum Gasteiger partial charge on any atom is -0.624 e. The van der Waals surface area contributed by atoms with Crippen molar-refractivity contribution in [3.63, 3.8) is 0 Å². The molecule has 0 aromatic rings. The fraction of sp³-hybridized carbons (Fsp3) is 0.700. The zero-order valence-electron chi connectivity index (χ0n) is 9.90. The largest absolute Gasteiger partial charge is 0.624 e. The highest BCUT2D eigenvalue weighted by Crippen LogP contribution is 2.32. The van der Waals surface area contributed by atoms with Gasteiger partial charge in [-0.15, -0.1) is 0 Å². The highest BCUT2D eigenvalue weighted by atomic mass is 16.5. The van der Waals surface area contributed by atoms with Gasteiger partial charge in [0.25, 0.3) is 0 Å². The Morgan fingerprint density at radius 3 is 2.19 bits per heavy atom. The smallest absolute Gasteiger partial charge is 0.233 e. The molecule has 1 aliphatic heterocycles. The van der Waals surface area contributed by atoms with Gasteiger partial charge in [0, 0.05) is 27.9 Å². The molecule has 0 radical (unpaired) electrons. The Kier molecular flexibility index (Phi) is 3.21. The first-order chi connectivity index (χ1) is 7.36. The lowest BCUT2D eigenvalue weighted by atomic mass is 9.80. The van der Waals surface area contributed by atoms with Crippen LogP contribution in [0.1, 0.15) is 13.8 Å². The second-order valence-electron chi connectivity index (χ2n) is 4.36. The zero-order valence-corrected chi connectivity index (χ0v) is 9.90. The quantitative estimate of drug-likeness (QED) is 0.473. The van der Waals surface area contributed by atoms with Gasteiger partial charge in [-0.05, 0) is 0 Å². The summed E-state index contributed by atoms with van der Waals surface area (Å²) < 4.78 is 0.687. The molecule has 0 spiro atoms. The number of hydrogen-bond donors (Lipinski definition) is 2. The number of carbonyl (C=O) groups excluding carboxylic acids is 2. The van der Waals surface area contributed by atoms with Crippen molar-refractivity contribution in [3.05, 3.63) is 5.21 Å². The molecule has 0 fully saturated rings. The third-order valence-corrected chi connectivity index (χ3v) is 3.06. The van der Waals surface area contributed by atoms with Crippen molar-refractivity contribution in [2.24, 2.45) is 11.8 Å². The van der Waals surface area contributed by atoms with Gasteiger partial charge in [-0.2, -0.15) is 0 Å². The maximum Gasteiger partial charge on any atom is 0.233 e. The van der Waals surface area contributed by atoms with E-state index >= 15 is 0 Å².